The topological polar surface area (TPSA) is 65.5 Å². The Hall–Kier alpha value is -2.67. The van der Waals surface area contributed by atoms with E-state index in [1.165, 1.54) is 18.2 Å². The third-order valence-electron chi connectivity index (χ3n) is 4.44. The van der Waals surface area contributed by atoms with Crippen molar-refractivity contribution >= 4 is 29.2 Å². The highest BCUT2D eigenvalue weighted by molar-refractivity contribution is 6.31. The van der Waals surface area contributed by atoms with Crippen molar-refractivity contribution in [2.24, 2.45) is 0 Å². The summed E-state index contributed by atoms with van der Waals surface area (Å²) in [7, 11) is 0. The molecule has 1 N–H and O–H groups in total. The molecule has 1 aliphatic rings. The van der Waals surface area contributed by atoms with Gasteiger partial charge < -0.3 is 15.1 Å². The van der Waals surface area contributed by atoms with Crippen molar-refractivity contribution in [1.82, 2.24) is 15.2 Å². The monoisotopic (exact) mass is 390 g/mol. The second kappa shape index (κ2) is 8.81. The SMILES string of the molecule is O=C(Cc1c(F)cccc1Cl)NCC(=O)N1CCN(c2ccccn2)CC1. The lowest BCUT2D eigenvalue weighted by molar-refractivity contribution is -0.133. The molecule has 27 heavy (non-hydrogen) atoms. The Morgan fingerprint density at radius 3 is 2.56 bits per heavy atom. The number of piperazine rings is 1. The Morgan fingerprint density at radius 1 is 1.11 bits per heavy atom. The first-order valence-corrected chi connectivity index (χ1v) is 9.06. The zero-order chi connectivity index (χ0) is 19.2. The molecule has 2 heterocycles. The van der Waals surface area contributed by atoms with Crippen LogP contribution in [0.5, 0.6) is 0 Å². The highest BCUT2D eigenvalue weighted by Crippen LogP contribution is 2.19. The molecular formula is C19H20ClFN4O2. The Morgan fingerprint density at radius 2 is 1.89 bits per heavy atom. The molecule has 6 nitrogen and oxygen atoms in total. The number of hydrogen-bond acceptors (Lipinski definition) is 4. The Kier molecular flexibility index (Phi) is 6.24. The van der Waals surface area contributed by atoms with Gasteiger partial charge in [-0.3, -0.25) is 9.59 Å². The minimum absolute atomic E-state index is 0.117. The highest BCUT2D eigenvalue weighted by Gasteiger charge is 2.22. The van der Waals surface area contributed by atoms with Gasteiger partial charge in [-0.05, 0) is 24.3 Å². The fourth-order valence-corrected chi connectivity index (χ4v) is 3.17. The van der Waals surface area contributed by atoms with E-state index in [0.29, 0.717) is 26.2 Å². The normalized spacial score (nSPS) is 14.1. The summed E-state index contributed by atoms with van der Waals surface area (Å²) in [5.41, 5.74) is 0.132. The van der Waals surface area contributed by atoms with Crippen LogP contribution in [0.3, 0.4) is 0 Å². The summed E-state index contributed by atoms with van der Waals surface area (Å²) in [6, 6.07) is 9.98. The first-order chi connectivity index (χ1) is 13.0. The van der Waals surface area contributed by atoms with Crippen LogP contribution in [-0.2, 0) is 16.0 Å². The van der Waals surface area contributed by atoms with E-state index in [4.69, 9.17) is 11.6 Å². The molecule has 1 saturated heterocycles. The summed E-state index contributed by atoms with van der Waals surface area (Å²) in [5.74, 6) is -0.250. The molecular weight excluding hydrogens is 371 g/mol. The Bertz CT molecular complexity index is 790. The van der Waals surface area contributed by atoms with Gasteiger partial charge in [-0.25, -0.2) is 9.37 Å². The van der Waals surface area contributed by atoms with Gasteiger partial charge in [0.2, 0.25) is 11.8 Å². The van der Waals surface area contributed by atoms with Gasteiger partial charge in [0, 0.05) is 43.0 Å². The van der Waals surface area contributed by atoms with Crippen molar-refractivity contribution in [3.05, 3.63) is 59.0 Å². The molecule has 0 aliphatic carbocycles. The van der Waals surface area contributed by atoms with Crippen molar-refractivity contribution < 1.29 is 14.0 Å². The number of carbonyl (C=O) groups excluding carboxylic acids is 2. The number of amides is 2. The molecule has 0 saturated carbocycles. The van der Waals surface area contributed by atoms with Crippen LogP contribution in [0.1, 0.15) is 5.56 Å². The molecule has 1 aromatic heterocycles. The van der Waals surface area contributed by atoms with Crippen molar-refractivity contribution in [2.75, 3.05) is 37.6 Å². The van der Waals surface area contributed by atoms with Crippen LogP contribution < -0.4 is 10.2 Å². The number of nitrogens with one attached hydrogen (secondary N) is 1. The lowest BCUT2D eigenvalue weighted by Crippen LogP contribution is -2.51. The number of halogens is 2. The molecule has 1 aromatic carbocycles. The summed E-state index contributed by atoms with van der Waals surface area (Å²) in [6.45, 7) is 2.37. The maximum absolute atomic E-state index is 13.7. The van der Waals surface area contributed by atoms with Gasteiger partial charge in [-0.15, -0.1) is 0 Å². The van der Waals surface area contributed by atoms with Gasteiger partial charge in [-0.2, -0.15) is 0 Å². The summed E-state index contributed by atoms with van der Waals surface area (Å²) in [6.07, 6.45) is 1.54. The summed E-state index contributed by atoms with van der Waals surface area (Å²) in [5, 5.41) is 2.74. The smallest absolute Gasteiger partial charge is 0.242 e. The van der Waals surface area contributed by atoms with E-state index in [-0.39, 0.29) is 29.5 Å². The number of aromatic nitrogens is 1. The average Bonchev–Trinajstić information content (AvgIpc) is 2.70. The molecule has 3 rings (SSSR count). The first kappa shape index (κ1) is 19.1. The Balaban J connectivity index is 1.45. The molecule has 0 atom stereocenters. The van der Waals surface area contributed by atoms with Crippen LogP contribution in [0, 0.1) is 5.82 Å². The summed E-state index contributed by atoms with van der Waals surface area (Å²) >= 11 is 5.92. The molecule has 0 bridgehead atoms. The molecule has 1 aliphatic heterocycles. The van der Waals surface area contributed by atoms with Gasteiger partial charge in [0.05, 0.1) is 13.0 Å². The third-order valence-corrected chi connectivity index (χ3v) is 4.80. The molecule has 0 unspecified atom stereocenters. The second-order valence-electron chi connectivity index (χ2n) is 6.21. The fraction of sp³-hybridized carbons (Fsp3) is 0.316. The first-order valence-electron chi connectivity index (χ1n) is 8.68. The maximum atomic E-state index is 13.7. The average molecular weight is 391 g/mol. The predicted octanol–water partition coefficient (Wildman–Crippen LogP) is 1.88. The van der Waals surface area contributed by atoms with E-state index < -0.39 is 11.7 Å². The minimum atomic E-state index is -0.533. The van der Waals surface area contributed by atoms with Gasteiger partial charge in [0.1, 0.15) is 11.6 Å². The van der Waals surface area contributed by atoms with Crippen LogP contribution >= 0.6 is 11.6 Å². The molecule has 1 fully saturated rings. The van der Waals surface area contributed by atoms with E-state index in [1.807, 2.05) is 18.2 Å². The quantitative estimate of drug-likeness (QED) is 0.846. The second-order valence-corrected chi connectivity index (χ2v) is 6.62. The van der Waals surface area contributed by atoms with E-state index >= 15 is 0 Å². The highest BCUT2D eigenvalue weighted by atomic mass is 35.5. The summed E-state index contributed by atoms with van der Waals surface area (Å²) < 4.78 is 13.7. The molecule has 142 valence electrons. The van der Waals surface area contributed by atoms with Crippen molar-refractivity contribution in [2.45, 2.75) is 6.42 Å². The van der Waals surface area contributed by atoms with Crippen LogP contribution in [0.25, 0.3) is 0 Å². The van der Waals surface area contributed by atoms with E-state index in [1.54, 1.807) is 11.1 Å². The molecule has 2 aromatic rings. The standard InChI is InChI=1S/C19H20ClFN4O2/c20-15-4-3-5-16(21)14(15)12-18(26)23-13-19(27)25-10-8-24(9-11-25)17-6-1-2-7-22-17/h1-7H,8-13H2,(H,23,26). The maximum Gasteiger partial charge on any atom is 0.242 e. The van der Waals surface area contributed by atoms with E-state index in [9.17, 15) is 14.0 Å². The molecule has 0 spiro atoms. The number of pyridine rings is 1. The predicted molar refractivity (Wildman–Crippen MR) is 101 cm³/mol. The number of carbonyl (C=O) groups is 2. The van der Waals surface area contributed by atoms with Crippen molar-refractivity contribution in [3.8, 4) is 0 Å². The lowest BCUT2D eigenvalue weighted by atomic mass is 10.1. The summed E-state index contributed by atoms with van der Waals surface area (Å²) in [4.78, 5) is 32.5. The lowest BCUT2D eigenvalue weighted by Gasteiger charge is -2.35. The number of hydrogen-bond donors (Lipinski definition) is 1. The van der Waals surface area contributed by atoms with Crippen LogP contribution in [0.15, 0.2) is 42.6 Å². The molecule has 2 amide bonds. The number of nitrogens with zero attached hydrogens (tertiary/aromatic N) is 3. The molecule has 8 heteroatoms. The van der Waals surface area contributed by atoms with Gasteiger partial charge in [0.15, 0.2) is 0 Å². The van der Waals surface area contributed by atoms with Crippen molar-refractivity contribution in [1.29, 1.82) is 0 Å². The van der Waals surface area contributed by atoms with E-state index in [0.717, 1.165) is 5.82 Å². The van der Waals surface area contributed by atoms with E-state index in [2.05, 4.69) is 15.2 Å². The van der Waals surface area contributed by atoms with Gasteiger partial charge in [-0.1, -0.05) is 23.7 Å². The number of benzene rings is 1. The molecule has 0 radical (unpaired) electrons. The van der Waals surface area contributed by atoms with Crippen molar-refractivity contribution in [3.63, 3.8) is 0 Å². The van der Waals surface area contributed by atoms with Crippen LogP contribution in [0.4, 0.5) is 10.2 Å². The van der Waals surface area contributed by atoms with Gasteiger partial charge in [0.25, 0.3) is 0 Å². The van der Waals surface area contributed by atoms with Crippen LogP contribution in [-0.4, -0.2) is 54.4 Å². The third kappa shape index (κ3) is 4.95. The zero-order valence-corrected chi connectivity index (χ0v) is 15.5. The Labute approximate surface area is 161 Å². The van der Waals surface area contributed by atoms with Gasteiger partial charge >= 0.3 is 0 Å². The van der Waals surface area contributed by atoms with Crippen LogP contribution in [0.2, 0.25) is 5.02 Å². The zero-order valence-electron chi connectivity index (χ0n) is 14.7. The number of anilines is 1. The number of rotatable bonds is 5. The minimum Gasteiger partial charge on any atom is -0.353 e. The largest absolute Gasteiger partial charge is 0.353 e. The fourth-order valence-electron chi connectivity index (χ4n) is 2.94.